The lowest BCUT2D eigenvalue weighted by molar-refractivity contribution is 0.100. The van der Waals surface area contributed by atoms with Gasteiger partial charge >= 0.3 is 0 Å². The maximum atomic E-state index is 11.4. The maximum Gasteiger partial charge on any atom is 0.248 e. The van der Waals surface area contributed by atoms with Crippen LogP contribution in [0.1, 0.15) is 10.4 Å². The van der Waals surface area contributed by atoms with E-state index < -0.39 is 5.91 Å². The first kappa shape index (κ1) is 11.1. The van der Waals surface area contributed by atoms with Gasteiger partial charge in [0, 0.05) is 11.3 Å². The molecular weight excluding hydrogens is 248 g/mol. The Morgan fingerprint density at radius 2 is 1.15 bits per heavy atom. The van der Waals surface area contributed by atoms with Crippen LogP contribution < -0.4 is 11.5 Å². The van der Waals surface area contributed by atoms with Crippen LogP contribution in [0.4, 0.5) is 5.69 Å². The van der Waals surface area contributed by atoms with E-state index in [4.69, 9.17) is 11.5 Å². The molecule has 0 saturated carbocycles. The highest BCUT2D eigenvalue weighted by atomic mass is 16.1. The molecule has 0 atom stereocenters. The average Bonchev–Trinajstić information content (AvgIpc) is 2.43. The van der Waals surface area contributed by atoms with E-state index in [0.717, 1.165) is 32.6 Å². The van der Waals surface area contributed by atoms with E-state index in [0.29, 0.717) is 5.56 Å². The molecule has 0 aliphatic rings. The molecule has 96 valence electrons. The molecule has 4 aromatic carbocycles. The third kappa shape index (κ3) is 1.37. The Morgan fingerprint density at radius 3 is 1.55 bits per heavy atom. The van der Waals surface area contributed by atoms with Crippen molar-refractivity contribution in [2.45, 2.75) is 0 Å². The smallest absolute Gasteiger partial charge is 0.248 e. The van der Waals surface area contributed by atoms with Crippen molar-refractivity contribution in [3.8, 4) is 0 Å². The number of hydrogen-bond donors (Lipinski definition) is 2. The first-order valence-corrected chi connectivity index (χ1v) is 6.41. The molecule has 0 saturated heterocycles. The molecule has 20 heavy (non-hydrogen) atoms. The number of hydrogen-bond acceptors (Lipinski definition) is 2. The van der Waals surface area contributed by atoms with Gasteiger partial charge in [-0.2, -0.15) is 0 Å². The van der Waals surface area contributed by atoms with Crippen molar-refractivity contribution in [2.24, 2.45) is 5.73 Å². The van der Waals surface area contributed by atoms with Crippen LogP contribution in [0.5, 0.6) is 0 Å². The monoisotopic (exact) mass is 260 g/mol. The van der Waals surface area contributed by atoms with Gasteiger partial charge in [0.2, 0.25) is 5.91 Å². The summed E-state index contributed by atoms with van der Waals surface area (Å²) in [5.74, 6) is -0.403. The van der Waals surface area contributed by atoms with Crippen molar-refractivity contribution in [3.63, 3.8) is 0 Å². The second-order valence-corrected chi connectivity index (χ2v) is 5.13. The number of nitrogens with two attached hydrogens (primary N) is 2. The van der Waals surface area contributed by atoms with Crippen molar-refractivity contribution in [3.05, 3.63) is 54.1 Å². The molecule has 4 rings (SSSR count). The summed E-state index contributed by atoms with van der Waals surface area (Å²) in [7, 11) is 0. The van der Waals surface area contributed by atoms with Gasteiger partial charge in [-0.15, -0.1) is 0 Å². The van der Waals surface area contributed by atoms with E-state index in [1.54, 1.807) is 0 Å². The predicted octanol–water partition coefficient (Wildman–Crippen LogP) is 3.27. The van der Waals surface area contributed by atoms with Crippen LogP contribution >= 0.6 is 0 Å². The fourth-order valence-corrected chi connectivity index (χ4v) is 3.00. The lowest BCUT2D eigenvalue weighted by Gasteiger charge is -2.12. The van der Waals surface area contributed by atoms with E-state index in [-0.39, 0.29) is 0 Å². The van der Waals surface area contributed by atoms with E-state index >= 15 is 0 Å². The summed E-state index contributed by atoms with van der Waals surface area (Å²) >= 11 is 0. The summed E-state index contributed by atoms with van der Waals surface area (Å²) < 4.78 is 0. The quantitative estimate of drug-likeness (QED) is 0.407. The number of anilines is 1. The van der Waals surface area contributed by atoms with Gasteiger partial charge in [-0.3, -0.25) is 4.79 Å². The van der Waals surface area contributed by atoms with Crippen molar-refractivity contribution in [1.29, 1.82) is 0 Å². The van der Waals surface area contributed by atoms with Gasteiger partial charge in [0.25, 0.3) is 0 Å². The van der Waals surface area contributed by atoms with Crippen molar-refractivity contribution in [2.75, 3.05) is 5.73 Å². The molecule has 3 heteroatoms. The Bertz CT molecular complexity index is 922. The second-order valence-electron chi connectivity index (χ2n) is 5.13. The molecule has 0 bridgehead atoms. The van der Waals surface area contributed by atoms with E-state index in [2.05, 4.69) is 0 Å². The molecule has 4 aromatic rings. The van der Waals surface area contributed by atoms with Crippen LogP contribution in [0.2, 0.25) is 0 Å². The number of benzene rings is 4. The first-order valence-electron chi connectivity index (χ1n) is 6.41. The zero-order chi connectivity index (χ0) is 13.9. The van der Waals surface area contributed by atoms with Crippen molar-refractivity contribution >= 4 is 43.9 Å². The molecule has 0 aliphatic carbocycles. The molecule has 0 fully saturated rings. The molecular formula is C17H12N2O. The highest BCUT2D eigenvalue weighted by Crippen LogP contribution is 2.36. The fourth-order valence-electron chi connectivity index (χ4n) is 3.00. The molecule has 0 heterocycles. The zero-order valence-corrected chi connectivity index (χ0v) is 10.7. The van der Waals surface area contributed by atoms with Crippen LogP contribution in [-0.4, -0.2) is 5.91 Å². The number of nitrogen functional groups attached to an aromatic ring is 1. The Balaban J connectivity index is 2.29. The average molecular weight is 260 g/mol. The summed E-state index contributed by atoms with van der Waals surface area (Å²) in [6.45, 7) is 0. The van der Waals surface area contributed by atoms with Crippen LogP contribution in [0.15, 0.2) is 48.5 Å². The van der Waals surface area contributed by atoms with Crippen LogP contribution in [-0.2, 0) is 0 Å². The molecule has 3 nitrogen and oxygen atoms in total. The van der Waals surface area contributed by atoms with Gasteiger partial charge in [-0.1, -0.05) is 24.3 Å². The van der Waals surface area contributed by atoms with Crippen LogP contribution in [0.3, 0.4) is 0 Å². The molecule has 0 aromatic heterocycles. The standard InChI is InChI=1S/C17H12N2O/c18-14-7-11-3-1-9-5-13(17(19)20)6-10-2-4-12(8-14)16(11)15(9)10/h1-8H,18H2,(H2,19,20). The third-order valence-electron chi connectivity index (χ3n) is 3.84. The summed E-state index contributed by atoms with van der Waals surface area (Å²) in [5.41, 5.74) is 12.6. The summed E-state index contributed by atoms with van der Waals surface area (Å²) in [5, 5.41) is 6.63. The number of carbonyl (C=O) groups excluding carboxylic acids is 1. The van der Waals surface area contributed by atoms with Crippen LogP contribution in [0, 0.1) is 0 Å². The Hall–Kier alpha value is -2.81. The van der Waals surface area contributed by atoms with Crippen LogP contribution in [0.25, 0.3) is 32.3 Å². The normalized spacial score (nSPS) is 11.6. The molecule has 4 N–H and O–H groups in total. The molecule has 0 unspecified atom stereocenters. The Kier molecular flexibility index (Phi) is 1.99. The lowest BCUT2D eigenvalue weighted by atomic mass is 9.92. The topological polar surface area (TPSA) is 69.1 Å². The maximum absolute atomic E-state index is 11.4. The Labute approximate surface area is 115 Å². The second kappa shape index (κ2) is 3.61. The van der Waals surface area contributed by atoms with Gasteiger partial charge in [0.15, 0.2) is 0 Å². The largest absolute Gasteiger partial charge is 0.399 e. The van der Waals surface area contributed by atoms with Gasteiger partial charge in [0.05, 0.1) is 0 Å². The molecule has 0 spiro atoms. The third-order valence-corrected chi connectivity index (χ3v) is 3.84. The minimum absolute atomic E-state index is 0.403. The van der Waals surface area contributed by atoms with Gasteiger partial charge in [0.1, 0.15) is 0 Å². The Morgan fingerprint density at radius 1 is 0.750 bits per heavy atom. The van der Waals surface area contributed by atoms with Gasteiger partial charge in [-0.05, 0) is 56.6 Å². The molecule has 1 amide bonds. The molecule has 0 aliphatic heterocycles. The molecule has 0 radical (unpaired) electrons. The SMILES string of the molecule is NC(=O)c1cc2ccc3cc(N)cc4ccc(c1)c2c34. The number of amides is 1. The summed E-state index contributed by atoms with van der Waals surface area (Å²) in [6, 6.07) is 15.7. The van der Waals surface area contributed by atoms with Gasteiger partial charge < -0.3 is 11.5 Å². The minimum Gasteiger partial charge on any atom is -0.399 e. The number of carbonyl (C=O) groups is 1. The minimum atomic E-state index is -0.403. The summed E-state index contributed by atoms with van der Waals surface area (Å²) in [4.78, 5) is 11.4. The summed E-state index contributed by atoms with van der Waals surface area (Å²) in [6.07, 6.45) is 0. The van der Waals surface area contributed by atoms with E-state index in [1.165, 1.54) is 5.39 Å². The van der Waals surface area contributed by atoms with E-state index in [1.807, 2.05) is 48.5 Å². The van der Waals surface area contributed by atoms with Crippen molar-refractivity contribution in [1.82, 2.24) is 0 Å². The zero-order valence-electron chi connectivity index (χ0n) is 10.7. The number of rotatable bonds is 1. The predicted molar refractivity (Wildman–Crippen MR) is 83.1 cm³/mol. The highest BCUT2D eigenvalue weighted by Gasteiger charge is 2.11. The highest BCUT2D eigenvalue weighted by molar-refractivity contribution is 6.24. The van der Waals surface area contributed by atoms with Crippen molar-refractivity contribution < 1.29 is 4.79 Å². The number of primary amides is 1. The first-order chi connectivity index (χ1) is 9.63. The lowest BCUT2D eigenvalue weighted by Crippen LogP contribution is -2.10. The van der Waals surface area contributed by atoms with E-state index in [9.17, 15) is 4.79 Å². The fraction of sp³-hybridized carbons (Fsp3) is 0. The van der Waals surface area contributed by atoms with Gasteiger partial charge in [-0.25, -0.2) is 0 Å².